The number of nitrogens with zero attached hydrogens (tertiary/aromatic N) is 5. The van der Waals surface area contributed by atoms with Gasteiger partial charge in [0, 0.05) is 61.5 Å². The minimum atomic E-state index is -0.657. The summed E-state index contributed by atoms with van der Waals surface area (Å²) in [6.07, 6.45) is 11.9. The number of fused-ring (bicyclic) bond motifs is 5. The van der Waals surface area contributed by atoms with E-state index in [4.69, 9.17) is 25.6 Å². The second kappa shape index (κ2) is 13.4. The van der Waals surface area contributed by atoms with Gasteiger partial charge in [0.05, 0.1) is 30.7 Å². The van der Waals surface area contributed by atoms with E-state index in [0.717, 1.165) is 32.2 Å². The molecule has 50 heavy (non-hydrogen) atoms. The maximum atomic E-state index is 16.9. The summed E-state index contributed by atoms with van der Waals surface area (Å²) in [6, 6.07) is 9.15. The van der Waals surface area contributed by atoms with Crippen molar-refractivity contribution in [3.05, 3.63) is 59.3 Å². The first kappa shape index (κ1) is 32.8. The first-order chi connectivity index (χ1) is 24.4. The molecule has 4 aliphatic rings. The number of nitrogens with one attached hydrogen (secondary N) is 1. The quantitative estimate of drug-likeness (QED) is 0.173. The number of terminal acetylenes is 1. The van der Waals surface area contributed by atoms with Crippen molar-refractivity contribution in [2.75, 3.05) is 64.6 Å². The number of ether oxygens (including phenoxy) is 3. The van der Waals surface area contributed by atoms with Crippen LogP contribution in [-0.2, 0) is 9.47 Å². The average Bonchev–Trinajstić information content (AvgIpc) is 3.79. The lowest BCUT2D eigenvalue weighted by Crippen LogP contribution is -2.51. The van der Waals surface area contributed by atoms with Crippen LogP contribution in [0.25, 0.3) is 32.9 Å². The van der Waals surface area contributed by atoms with Gasteiger partial charge in [-0.05, 0) is 67.8 Å². The summed E-state index contributed by atoms with van der Waals surface area (Å²) in [4.78, 5) is 18.6. The molecule has 4 aromatic rings. The number of hydrogen-bond donors (Lipinski definition) is 2. The standard InChI is InChI=1S/C38H40F2N6O4/c1-3-23-6-4-7-24-14-28(47)15-29(32(23)24)34-33(40)35-30(17-41-34)36(45-19-26-8-9-27(20-45)42-26)44-37(43-35)50-22-38-10-5-11-46(38)18-25(16-38)31(39)21-49-13-12-48-2/h1,4,6-7,14-15,17,26-27,42,47H,5,8-13,16,18-22H2,2H3/t26-,27+,38?. The number of pyridine rings is 1. The molecule has 4 aliphatic heterocycles. The topological polar surface area (TPSA) is 105 Å². The summed E-state index contributed by atoms with van der Waals surface area (Å²) in [5.74, 6) is 2.32. The molecule has 2 aromatic heterocycles. The monoisotopic (exact) mass is 682 g/mol. The third-order valence-corrected chi connectivity index (χ3v) is 10.7. The number of hydrogen-bond acceptors (Lipinski definition) is 10. The molecule has 4 fully saturated rings. The van der Waals surface area contributed by atoms with E-state index in [-0.39, 0.29) is 42.0 Å². The fourth-order valence-electron chi connectivity index (χ4n) is 8.33. The van der Waals surface area contributed by atoms with Crippen LogP contribution in [0.5, 0.6) is 11.8 Å². The molecular formula is C38H40F2N6O4. The van der Waals surface area contributed by atoms with Gasteiger partial charge in [-0.1, -0.05) is 18.1 Å². The number of benzene rings is 2. The van der Waals surface area contributed by atoms with E-state index < -0.39 is 11.4 Å². The smallest absolute Gasteiger partial charge is 0.319 e. The molecular weight excluding hydrogens is 642 g/mol. The van der Waals surface area contributed by atoms with Crippen molar-refractivity contribution in [2.45, 2.75) is 49.7 Å². The van der Waals surface area contributed by atoms with E-state index in [1.165, 1.54) is 6.07 Å². The molecule has 10 nitrogen and oxygen atoms in total. The maximum Gasteiger partial charge on any atom is 0.319 e. The minimum absolute atomic E-state index is 0.0198. The van der Waals surface area contributed by atoms with Crippen molar-refractivity contribution < 1.29 is 28.1 Å². The molecule has 260 valence electrons. The maximum absolute atomic E-state index is 16.9. The first-order valence-corrected chi connectivity index (χ1v) is 17.3. The van der Waals surface area contributed by atoms with Crippen molar-refractivity contribution >= 4 is 27.5 Å². The highest BCUT2D eigenvalue weighted by Gasteiger charge is 2.48. The highest BCUT2D eigenvalue weighted by atomic mass is 19.1. The Morgan fingerprint density at radius 1 is 1.18 bits per heavy atom. The SMILES string of the molecule is C#Cc1cccc2cc(O)cc(-c3ncc4c(N5C[C@H]6CC[C@@H](C5)N6)nc(OCC56CCCN5CC(=C(F)COCCOC)C6)nc4c3F)c12. The fourth-order valence-corrected chi connectivity index (χ4v) is 8.33. The van der Waals surface area contributed by atoms with Gasteiger partial charge in [0.25, 0.3) is 0 Å². The molecule has 0 aliphatic carbocycles. The average molecular weight is 683 g/mol. The predicted octanol–water partition coefficient (Wildman–Crippen LogP) is 5.12. The van der Waals surface area contributed by atoms with E-state index in [1.807, 2.05) is 6.07 Å². The number of anilines is 1. The summed E-state index contributed by atoms with van der Waals surface area (Å²) in [5, 5.41) is 16.0. The van der Waals surface area contributed by atoms with E-state index >= 15 is 8.78 Å². The number of aromatic nitrogens is 3. The molecule has 1 unspecified atom stereocenters. The number of phenolic OH excluding ortho intramolecular Hbond substituents is 1. The van der Waals surface area contributed by atoms with Crippen LogP contribution < -0.4 is 15.0 Å². The molecule has 2 N–H and O–H groups in total. The number of piperazine rings is 1. The van der Waals surface area contributed by atoms with Crippen molar-refractivity contribution in [3.63, 3.8) is 0 Å². The second-order valence-electron chi connectivity index (χ2n) is 13.9. The van der Waals surface area contributed by atoms with Crippen LogP contribution in [-0.4, -0.2) is 102 Å². The van der Waals surface area contributed by atoms with Crippen molar-refractivity contribution in [3.8, 4) is 35.4 Å². The number of phenols is 1. The van der Waals surface area contributed by atoms with E-state index in [0.29, 0.717) is 90.0 Å². The molecule has 8 rings (SSSR count). The predicted molar refractivity (Wildman–Crippen MR) is 186 cm³/mol. The van der Waals surface area contributed by atoms with Crippen LogP contribution in [0.2, 0.25) is 0 Å². The van der Waals surface area contributed by atoms with Gasteiger partial charge in [0.2, 0.25) is 0 Å². The number of methoxy groups -OCH3 is 1. The number of rotatable bonds is 10. The van der Waals surface area contributed by atoms with E-state index in [2.05, 4.69) is 31.0 Å². The summed E-state index contributed by atoms with van der Waals surface area (Å²) in [6.45, 7) is 3.65. The number of aromatic hydroxyl groups is 1. The summed E-state index contributed by atoms with van der Waals surface area (Å²) in [7, 11) is 1.58. The number of halogens is 2. The van der Waals surface area contributed by atoms with Crippen LogP contribution >= 0.6 is 0 Å². The minimum Gasteiger partial charge on any atom is -0.508 e. The zero-order chi connectivity index (χ0) is 34.4. The van der Waals surface area contributed by atoms with Gasteiger partial charge in [-0.2, -0.15) is 9.97 Å². The molecule has 6 heterocycles. The van der Waals surface area contributed by atoms with E-state index in [1.54, 1.807) is 31.5 Å². The Morgan fingerprint density at radius 3 is 2.82 bits per heavy atom. The lowest BCUT2D eigenvalue weighted by Gasteiger charge is -2.34. The van der Waals surface area contributed by atoms with Gasteiger partial charge in [-0.3, -0.25) is 9.88 Å². The largest absolute Gasteiger partial charge is 0.508 e. The summed E-state index contributed by atoms with van der Waals surface area (Å²) in [5.41, 5.74) is 1.32. The van der Waals surface area contributed by atoms with Crippen LogP contribution in [0, 0.1) is 18.2 Å². The van der Waals surface area contributed by atoms with Crippen LogP contribution in [0.15, 0.2) is 47.9 Å². The van der Waals surface area contributed by atoms with Crippen LogP contribution in [0.1, 0.15) is 37.7 Å². The molecule has 2 bridgehead atoms. The lowest BCUT2D eigenvalue weighted by atomic mass is 9.93. The van der Waals surface area contributed by atoms with E-state index in [9.17, 15) is 5.11 Å². The molecule has 2 aromatic carbocycles. The third kappa shape index (κ3) is 5.92. The van der Waals surface area contributed by atoms with Gasteiger partial charge in [0.15, 0.2) is 5.82 Å². The molecule has 4 saturated heterocycles. The Kier molecular flexibility index (Phi) is 8.77. The molecule has 0 saturated carbocycles. The summed E-state index contributed by atoms with van der Waals surface area (Å²) < 4.78 is 49.0. The Bertz CT molecular complexity index is 2020. The third-order valence-electron chi connectivity index (χ3n) is 10.7. The second-order valence-corrected chi connectivity index (χ2v) is 13.9. The highest BCUT2D eigenvalue weighted by molar-refractivity contribution is 6.02. The Balaban J connectivity index is 1.17. The van der Waals surface area contributed by atoms with Crippen molar-refractivity contribution in [1.82, 2.24) is 25.2 Å². The molecule has 3 atom stereocenters. The normalized spacial score (nSPS) is 24.2. The van der Waals surface area contributed by atoms with Gasteiger partial charge in [-0.15, -0.1) is 6.42 Å². The Morgan fingerprint density at radius 2 is 2.02 bits per heavy atom. The van der Waals surface area contributed by atoms with Gasteiger partial charge in [0.1, 0.15) is 35.2 Å². The Hall–Kier alpha value is -4.41. The van der Waals surface area contributed by atoms with Gasteiger partial charge < -0.3 is 29.5 Å². The van der Waals surface area contributed by atoms with Gasteiger partial charge >= 0.3 is 6.01 Å². The zero-order valence-corrected chi connectivity index (χ0v) is 28.1. The van der Waals surface area contributed by atoms with Crippen LogP contribution in [0.3, 0.4) is 0 Å². The molecule has 12 heteroatoms. The van der Waals surface area contributed by atoms with Crippen molar-refractivity contribution in [1.29, 1.82) is 0 Å². The lowest BCUT2D eigenvalue weighted by molar-refractivity contribution is 0.0754. The zero-order valence-electron chi connectivity index (χ0n) is 28.1. The van der Waals surface area contributed by atoms with Crippen molar-refractivity contribution in [2.24, 2.45) is 0 Å². The van der Waals surface area contributed by atoms with Gasteiger partial charge in [-0.25, -0.2) is 8.78 Å². The molecule has 0 spiro atoms. The molecule has 0 amide bonds. The Labute approximate surface area is 289 Å². The summed E-state index contributed by atoms with van der Waals surface area (Å²) >= 11 is 0. The first-order valence-electron chi connectivity index (χ1n) is 17.3. The van der Waals surface area contributed by atoms with Crippen LogP contribution in [0.4, 0.5) is 14.6 Å². The molecule has 0 radical (unpaired) electrons. The fraction of sp³-hybridized carbons (Fsp3) is 0.447. The highest BCUT2D eigenvalue weighted by Crippen LogP contribution is 2.43.